The van der Waals surface area contributed by atoms with Gasteiger partial charge in [-0.15, -0.1) is 0 Å². The van der Waals surface area contributed by atoms with Crippen molar-refractivity contribution >= 4 is 17.5 Å². The monoisotopic (exact) mass is 395 g/mol. The largest absolute Gasteiger partial charge is 0.463 e. The van der Waals surface area contributed by atoms with Crippen LogP contribution in [0.15, 0.2) is 57.7 Å². The molecule has 140 valence electrons. The number of rotatable bonds is 4. The van der Waals surface area contributed by atoms with Crippen LogP contribution < -0.4 is 0 Å². The van der Waals surface area contributed by atoms with E-state index in [1.165, 1.54) is 0 Å². The molecule has 0 unspecified atom stereocenters. The van der Waals surface area contributed by atoms with Crippen LogP contribution in [0.1, 0.15) is 22.3 Å². The number of amides is 1. The minimum absolute atomic E-state index is 0.00729. The third kappa shape index (κ3) is 2.97. The molecule has 4 heterocycles. The standard InChI is InChI=1S/C19H14ClN5O3/c20-13-4-1-3-11(7-13)17-21-18(28-24-17)12-9-25(10-12)19(26)15-8-14(22-23-15)16-5-2-6-27-16/h1-8,12H,9-10H2,(H,22,23). The molecule has 0 bridgehead atoms. The average molecular weight is 396 g/mol. The molecule has 3 aromatic heterocycles. The van der Waals surface area contributed by atoms with Gasteiger partial charge in [-0.3, -0.25) is 9.89 Å². The van der Waals surface area contributed by atoms with Crippen molar-refractivity contribution < 1.29 is 13.7 Å². The number of nitrogens with one attached hydrogen (secondary N) is 1. The van der Waals surface area contributed by atoms with Gasteiger partial charge in [0.2, 0.25) is 11.7 Å². The molecule has 0 radical (unpaired) electrons. The normalized spacial score (nSPS) is 14.2. The van der Waals surface area contributed by atoms with Gasteiger partial charge in [0.25, 0.3) is 5.91 Å². The molecule has 28 heavy (non-hydrogen) atoms. The molecule has 0 saturated carbocycles. The maximum atomic E-state index is 12.6. The van der Waals surface area contributed by atoms with Crippen molar-refractivity contribution in [2.45, 2.75) is 5.92 Å². The fourth-order valence-corrected chi connectivity index (χ4v) is 3.29. The third-order valence-electron chi connectivity index (χ3n) is 4.63. The van der Waals surface area contributed by atoms with Crippen molar-refractivity contribution in [3.05, 3.63) is 65.3 Å². The van der Waals surface area contributed by atoms with Crippen LogP contribution in [0.25, 0.3) is 22.8 Å². The summed E-state index contributed by atoms with van der Waals surface area (Å²) in [6.45, 7) is 0.998. The lowest BCUT2D eigenvalue weighted by Gasteiger charge is -2.36. The van der Waals surface area contributed by atoms with Crippen LogP contribution in [0, 0.1) is 0 Å². The number of aromatic amines is 1. The van der Waals surface area contributed by atoms with Crippen molar-refractivity contribution in [2.24, 2.45) is 0 Å². The highest BCUT2D eigenvalue weighted by Crippen LogP contribution is 2.29. The van der Waals surface area contributed by atoms with Gasteiger partial charge in [0.05, 0.1) is 12.2 Å². The number of carbonyl (C=O) groups is 1. The molecule has 1 amide bonds. The Morgan fingerprint density at radius 1 is 1.21 bits per heavy atom. The first-order valence-corrected chi connectivity index (χ1v) is 9.03. The first-order valence-electron chi connectivity index (χ1n) is 8.65. The second-order valence-electron chi connectivity index (χ2n) is 6.52. The predicted octanol–water partition coefficient (Wildman–Crippen LogP) is 3.61. The first-order chi connectivity index (χ1) is 13.7. The van der Waals surface area contributed by atoms with Gasteiger partial charge in [-0.2, -0.15) is 10.1 Å². The predicted molar refractivity (Wildman–Crippen MR) is 99.7 cm³/mol. The number of carbonyl (C=O) groups excluding carboxylic acids is 1. The van der Waals surface area contributed by atoms with Gasteiger partial charge >= 0.3 is 0 Å². The summed E-state index contributed by atoms with van der Waals surface area (Å²) in [5, 5.41) is 11.5. The number of likely N-dealkylation sites (tertiary alicyclic amines) is 1. The molecule has 0 atom stereocenters. The van der Waals surface area contributed by atoms with Crippen LogP contribution in [-0.2, 0) is 0 Å². The molecule has 1 aromatic carbocycles. The van der Waals surface area contributed by atoms with E-state index in [2.05, 4.69) is 20.3 Å². The minimum Gasteiger partial charge on any atom is -0.463 e. The minimum atomic E-state index is -0.153. The smallest absolute Gasteiger partial charge is 0.274 e. The number of aromatic nitrogens is 4. The maximum Gasteiger partial charge on any atom is 0.274 e. The summed E-state index contributed by atoms with van der Waals surface area (Å²) in [6.07, 6.45) is 1.57. The lowest BCUT2D eigenvalue weighted by atomic mass is 9.99. The Hall–Kier alpha value is -3.39. The van der Waals surface area contributed by atoms with Gasteiger partial charge in [-0.05, 0) is 24.3 Å². The zero-order valence-corrected chi connectivity index (χ0v) is 15.3. The molecular weight excluding hydrogens is 382 g/mol. The van der Waals surface area contributed by atoms with Gasteiger partial charge in [-0.25, -0.2) is 0 Å². The molecule has 1 fully saturated rings. The molecule has 1 N–H and O–H groups in total. The Morgan fingerprint density at radius 2 is 2.11 bits per heavy atom. The van der Waals surface area contributed by atoms with E-state index in [4.69, 9.17) is 20.5 Å². The van der Waals surface area contributed by atoms with Crippen LogP contribution >= 0.6 is 11.6 Å². The van der Waals surface area contributed by atoms with Gasteiger partial charge in [0, 0.05) is 29.7 Å². The second kappa shape index (κ2) is 6.65. The summed E-state index contributed by atoms with van der Waals surface area (Å²) in [6, 6.07) is 12.5. The molecule has 5 rings (SSSR count). The molecule has 1 saturated heterocycles. The van der Waals surface area contributed by atoms with E-state index >= 15 is 0 Å². The lowest BCUT2D eigenvalue weighted by Crippen LogP contribution is -2.48. The molecule has 4 aromatic rings. The van der Waals surface area contributed by atoms with Gasteiger partial charge in [-0.1, -0.05) is 28.9 Å². The van der Waals surface area contributed by atoms with E-state index in [1.54, 1.807) is 41.5 Å². The summed E-state index contributed by atoms with van der Waals surface area (Å²) in [4.78, 5) is 18.7. The zero-order chi connectivity index (χ0) is 19.1. The molecule has 8 nitrogen and oxygen atoms in total. The zero-order valence-electron chi connectivity index (χ0n) is 14.5. The lowest BCUT2D eigenvalue weighted by molar-refractivity contribution is 0.0563. The van der Waals surface area contributed by atoms with Crippen molar-refractivity contribution in [3.63, 3.8) is 0 Å². The highest BCUT2D eigenvalue weighted by Gasteiger charge is 2.37. The molecule has 0 spiro atoms. The van der Waals surface area contributed by atoms with Gasteiger partial charge in [0.1, 0.15) is 5.69 Å². The molecule has 1 aliphatic heterocycles. The van der Waals surface area contributed by atoms with E-state index in [0.717, 1.165) is 5.56 Å². The Labute approximate surface area is 164 Å². The van der Waals surface area contributed by atoms with E-state index < -0.39 is 0 Å². The van der Waals surface area contributed by atoms with E-state index in [1.807, 2.05) is 12.1 Å². The summed E-state index contributed by atoms with van der Waals surface area (Å²) >= 11 is 6.00. The van der Waals surface area contributed by atoms with Crippen LogP contribution in [0.2, 0.25) is 5.02 Å². The SMILES string of the molecule is O=C(c1cc(-c2ccco2)[nH]n1)N1CC(c2nc(-c3cccc(Cl)c3)no2)C1. The van der Waals surface area contributed by atoms with Gasteiger partial charge in [0.15, 0.2) is 11.5 Å². The number of furan rings is 1. The number of hydrogen-bond acceptors (Lipinski definition) is 6. The van der Waals surface area contributed by atoms with Crippen molar-refractivity contribution in [2.75, 3.05) is 13.1 Å². The molecule has 0 aliphatic carbocycles. The number of halogens is 1. The van der Waals surface area contributed by atoms with Gasteiger partial charge < -0.3 is 13.8 Å². The quantitative estimate of drug-likeness (QED) is 0.566. The summed E-state index contributed by atoms with van der Waals surface area (Å²) in [5.41, 5.74) is 1.79. The first kappa shape index (κ1) is 16.8. The van der Waals surface area contributed by atoms with E-state index in [0.29, 0.717) is 47.0 Å². The Morgan fingerprint density at radius 3 is 2.89 bits per heavy atom. The van der Waals surface area contributed by atoms with Crippen LogP contribution in [-0.4, -0.2) is 44.2 Å². The summed E-state index contributed by atoms with van der Waals surface area (Å²) in [5.74, 6) is 1.48. The van der Waals surface area contributed by atoms with E-state index in [-0.39, 0.29) is 11.8 Å². The fraction of sp³-hybridized carbons (Fsp3) is 0.158. The molecular formula is C19H14ClN5O3. The summed E-state index contributed by atoms with van der Waals surface area (Å²) < 4.78 is 10.7. The van der Waals surface area contributed by atoms with Crippen molar-refractivity contribution in [1.82, 2.24) is 25.2 Å². The van der Waals surface area contributed by atoms with Crippen LogP contribution in [0.5, 0.6) is 0 Å². The Balaban J connectivity index is 1.25. The van der Waals surface area contributed by atoms with Crippen LogP contribution in [0.3, 0.4) is 0 Å². The average Bonchev–Trinajstić information content (AvgIpc) is 3.40. The topological polar surface area (TPSA) is 101 Å². The van der Waals surface area contributed by atoms with Crippen molar-refractivity contribution in [3.8, 4) is 22.8 Å². The number of nitrogens with zero attached hydrogens (tertiary/aromatic N) is 4. The number of benzene rings is 1. The summed E-state index contributed by atoms with van der Waals surface area (Å²) in [7, 11) is 0. The highest BCUT2D eigenvalue weighted by molar-refractivity contribution is 6.30. The molecule has 9 heteroatoms. The fourth-order valence-electron chi connectivity index (χ4n) is 3.10. The number of H-pyrrole nitrogens is 1. The molecule has 1 aliphatic rings. The Bertz CT molecular complexity index is 1130. The van der Waals surface area contributed by atoms with E-state index in [9.17, 15) is 4.79 Å². The second-order valence-corrected chi connectivity index (χ2v) is 6.95. The van der Waals surface area contributed by atoms with Crippen molar-refractivity contribution in [1.29, 1.82) is 0 Å². The Kier molecular flexibility index (Phi) is 3.98. The third-order valence-corrected chi connectivity index (χ3v) is 4.86. The maximum absolute atomic E-state index is 12.6. The van der Waals surface area contributed by atoms with Crippen LogP contribution in [0.4, 0.5) is 0 Å². The number of hydrogen-bond donors (Lipinski definition) is 1. The highest BCUT2D eigenvalue weighted by atomic mass is 35.5.